The zero-order valence-electron chi connectivity index (χ0n) is 7.49. The Bertz CT molecular complexity index is 379. The predicted octanol–water partition coefficient (Wildman–Crippen LogP) is 1.39. The Kier molecular flexibility index (Phi) is 3.33. The van der Waals surface area contributed by atoms with E-state index in [0.717, 1.165) is 9.13 Å². The summed E-state index contributed by atoms with van der Waals surface area (Å²) in [5.41, 5.74) is 6.53. The Balaban J connectivity index is 3.22. The highest BCUT2D eigenvalue weighted by Gasteiger charge is 2.18. The Morgan fingerprint density at radius 1 is 1.57 bits per heavy atom. The van der Waals surface area contributed by atoms with Crippen molar-refractivity contribution >= 4 is 28.6 Å². The van der Waals surface area contributed by atoms with Crippen LogP contribution in [0, 0.1) is 10.5 Å². The van der Waals surface area contributed by atoms with Gasteiger partial charge in [0.05, 0.1) is 0 Å². The molecular weight excluding hydrogens is 297 g/mol. The van der Waals surface area contributed by atoms with Crippen molar-refractivity contribution in [2.75, 3.05) is 0 Å². The molecule has 4 nitrogen and oxygen atoms in total. The molecule has 0 bridgehead atoms. The summed E-state index contributed by atoms with van der Waals surface area (Å²) < 4.78 is 0.882. The Labute approximate surface area is 94.9 Å². The van der Waals surface area contributed by atoms with Crippen LogP contribution in [0.3, 0.4) is 0 Å². The van der Waals surface area contributed by atoms with E-state index >= 15 is 0 Å². The molecule has 4 N–H and O–H groups in total. The van der Waals surface area contributed by atoms with Crippen LogP contribution in [-0.4, -0.2) is 16.2 Å². The molecule has 0 aliphatic carbocycles. The number of carboxylic acids is 1. The van der Waals surface area contributed by atoms with Crippen molar-refractivity contribution in [2.24, 2.45) is 5.73 Å². The maximum atomic E-state index is 10.6. The largest absolute Gasteiger partial charge is 0.508 e. The summed E-state index contributed by atoms with van der Waals surface area (Å²) in [5, 5.41) is 18.2. The average molecular weight is 307 g/mol. The van der Waals surface area contributed by atoms with Gasteiger partial charge in [-0.2, -0.15) is 0 Å². The number of phenolic OH excluding ortho intramolecular Hbond substituents is 1. The summed E-state index contributed by atoms with van der Waals surface area (Å²) in [6.45, 7) is 1.83. The summed E-state index contributed by atoms with van der Waals surface area (Å²) in [6, 6.07) is 1.92. The molecule has 0 fully saturated rings. The van der Waals surface area contributed by atoms with Crippen LogP contribution in [0.4, 0.5) is 0 Å². The van der Waals surface area contributed by atoms with Crippen LogP contribution in [0.25, 0.3) is 0 Å². The molecule has 0 saturated heterocycles. The second-order valence-corrected chi connectivity index (χ2v) is 4.14. The fraction of sp³-hybridized carbons (Fsp3) is 0.222. The molecule has 0 radical (unpaired) electrons. The third-order valence-corrected chi connectivity index (χ3v) is 3.07. The lowest BCUT2D eigenvalue weighted by Gasteiger charge is -2.10. The highest BCUT2D eigenvalue weighted by Crippen LogP contribution is 2.27. The number of carbonyl (C=O) groups is 1. The molecule has 0 spiro atoms. The summed E-state index contributed by atoms with van der Waals surface area (Å²) in [6.07, 6.45) is 0. The molecule has 0 aromatic heterocycles. The molecule has 1 aromatic carbocycles. The van der Waals surface area contributed by atoms with E-state index in [9.17, 15) is 9.90 Å². The first-order chi connectivity index (χ1) is 6.43. The average Bonchev–Trinajstić information content (AvgIpc) is 2.10. The molecule has 1 atom stereocenters. The standard InChI is InChI=1S/C9H10INO3/c1-4-2-7(12)5(3-6(4)10)8(11)9(13)14/h2-3,8,12H,11H2,1H3,(H,13,14). The number of halogens is 1. The van der Waals surface area contributed by atoms with Gasteiger partial charge >= 0.3 is 5.97 Å². The second-order valence-electron chi connectivity index (χ2n) is 2.98. The number of aromatic hydroxyl groups is 1. The van der Waals surface area contributed by atoms with Gasteiger partial charge in [0, 0.05) is 9.13 Å². The van der Waals surface area contributed by atoms with Gasteiger partial charge in [0.2, 0.25) is 0 Å². The lowest BCUT2D eigenvalue weighted by atomic mass is 10.0. The third-order valence-electron chi connectivity index (χ3n) is 1.91. The van der Waals surface area contributed by atoms with Crippen molar-refractivity contribution in [2.45, 2.75) is 13.0 Å². The van der Waals surface area contributed by atoms with Crippen LogP contribution >= 0.6 is 22.6 Å². The first kappa shape index (κ1) is 11.3. The van der Waals surface area contributed by atoms with Crippen molar-refractivity contribution in [1.82, 2.24) is 0 Å². The van der Waals surface area contributed by atoms with Crippen LogP contribution in [0.5, 0.6) is 5.75 Å². The van der Waals surface area contributed by atoms with Gasteiger partial charge < -0.3 is 15.9 Å². The number of hydrogen-bond donors (Lipinski definition) is 3. The van der Waals surface area contributed by atoms with Gasteiger partial charge in [-0.25, -0.2) is 0 Å². The van der Waals surface area contributed by atoms with Crippen LogP contribution < -0.4 is 5.73 Å². The van der Waals surface area contributed by atoms with Crippen molar-refractivity contribution < 1.29 is 15.0 Å². The van der Waals surface area contributed by atoms with Crippen LogP contribution in [0.1, 0.15) is 17.2 Å². The van der Waals surface area contributed by atoms with Gasteiger partial charge in [-0.05, 0) is 47.2 Å². The topological polar surface area (TPSA) is 83.5 Å². The van der Waals surface area contributed by atoms with E-state index in [0.29, 0.717) is 0 Å². The molecule has 5 heteroatoms. The Hall–Kier alpha value is -0.820. The molecule has 76 valence electrons. The maximum Gasteiger partial charge on any atom is 0.325 e. The highest BCUT2D eigenvalue weighted by molar-refractivity contribution is 14.1. The van der Waals surface area contributed by atoms with Gasteiger partial charge in [-0.1, -0.05) is 0 Å². The minimum absolute atomic E-state index is 0.0715. The van der Waals surface area contributed by atoms with Crippen LogP contribution in [-0.2, 0) is 4.79 Å². The Morgan fingerprint density at radius 3 is 2.64 bits per heavy atom. The third kappa shape index (κ3) is 2.16. The molecule has 0 saturated carbocycles. The van der Waals surface area contributed by atoms with Crippen LogP contribution in [0.2, 0.25) is 0 Å². The molecule has 14 heavy (non-hydrogen) atoms. The number of benzene rings is 1. The summed E-state index contributed by atoms with van der Waals surface area (Å²) >= 11 is 2.06. The molecule has 1 unspecified atom stereocenters. The zero-order valence-corrected chi connectivity index (χ0v) is 9.65. The minimum atomic E-state index is -1.18. The molecule has 0 amide bonds. The number of aliphatic carboxylic acids is 1. The zero-order chi connectivity index (χ0) is 10.9. The normalized spacial score (nSPS) is 12.5. The van der Waals surface area contributed by atoms with Crippen LogP contribution in [0.15, 0.2) is 12.1 Å². The quantitative estimate of drug-likeness (QED) is 0.721. The van der Waals surface area contributed by atoms with Gasteiger partial charge in [-0.3, -0.25) is 4.79 Å². The summed E-state index contributed by atoms with van der Waals surface area (Å²) in [7, 11) is 0. The highest BCUT2D eigenvalue weighted by atomic mass is 127. The van der Waals surface area contributed by atoms with E-state index in [1.807, 2.05) is 6.92 Å². The lowest BCUT2D eigenvalue weighted by molar-refractivity contribution is -0.138. The second kappa shape index (κ2) is 4.14. The first-order valence-corrected chi connectivity index (χ1v) is 4.98. The van der Waals surface area contributed by atoms with Crippen molar-refractivity contribution in [3.05, 3.63) is 26.8 Å². The van der Waals surface area contributed by atoms with Gasteiger partial charge in [0.15, 0.2) is 0 Å². The number of hydrogen-bond acceptors (Lipinski definition) is 3. The van der Waals surface area contributed by atoms with Crippen molar-refractivity contribution in [3.63, 3.8) is 0 Å². The van der Waals surface area contributed by atoms with E-state index in [1.54, 1.807) is 6.07 Å². The SMILES string of the molecule is Cc1cc(O)c(C(N)C(=O)O)cc1I. The smallest absolute Gasteiger partial charge is 0.325 e. The predicted molar refractivity (Wildman–Crippen MR) is 60.1 cm³/mol. The minimum Gasteiger partial charge on any atom is -0.508 e. The van der Waals surface area contributed by atoms with Gasteiger partial charge in [-0.15, -0.1) is 0 Å². The van der Waals surface area contributed by atoms with E-state index in [2.05, 4.69) is 22.6 Å². The van der Waals surface area contributed by atoms with E-state index in [4.69, 9.17) is 10.8 Å². The molecule has 1 rings (SSSR count). The number of phenols is 1. The van der Waals surface area contributed by atoms with E-state index in [1.165, 1.54) is 6.07 Å². The molecule has 0 aliphatic heterocycles. The number of aryl methyl sites for hydroxylation is 1. The number of carboxylic acid groups (broad SMARTS) is 1. The molecule has 0 heterocycles. The van der Waals surface area contributed by atoms with E-state index in [-0.39, 0.29) is 11.3 Å². The van der Waals surface area contributed by atoms with Crippen molar-refractivity contribution in [3.8, 4) is 5.75 Å². The van der Waals surface area contributed by atoms with Gasteiger partial charge in [0.25, 0.3) is 0 Å². The maximum absolute atomic E-state index is 10.6. The molecule has 1 aromatic rings. The molecular formula is C9H10INO3. The van der Waals surface area contributed by atoms with Gasteiger partial charge in [0.1, 0.15) is 11.8 Å². The Morgan fingerprint density at radius 2 is 2.14 bits per heavy atom. The molecule has 0 aliphatic rings. The van der Waals surface area contributed by atoms with Crippen molar-refractivity contribution in [1.29, 1.82) is 0 Å². The fourth-order valence-corrected chi connectivity index (χ4v) is 1.55. The monoisotopic (exact) mass is 307 g/mol. The summed E-state index contributed by atoms with van der Waals surface area (Å²) in [4.78, 5) is 10.6. The fourth-order valence-electron chi connectivity index (χ4n) is 1.06. The lowest BCUT2D eigenvalue weighted by Crippen LogP contribution is -2.20. The van der Waals surface area contributed by atoms with E-state index < -0.39 is 12.0 Å². The number of nitrogens with two attached hydrogens (primary N) is 1. The summed E-state index contributed by atoms with van der Waals surface area (Å²) in [5.74, 6) is -1.22. The number of rotatable bonds is 2. The first-order valence-electron chi connectivity index (χ1n) is 3.91.